The van der Waals surface area contributed by atoms with Gasteiger partial charge in [0.15, 0.2) is 0 Å². The third-order valence-corrected chi connectivity index (χ3v) is 5.05. The van der Waals surface area contributed by atoms with Gasteiger partial charge in [0, 0.05) is 11.4 Å². The van der Waals surface area contributed by atoms with Crippen LogP contribution in [0.3, 0.4) is 0 Å². The number of ether oxygens (including phenoxy) is 1. The van der Waals surface area contributed by atoms with Gasteiger partial charge in [-0.3, -0.25) is 10.6 Å². The maximum absolute atomic E-state index is 14.2. The van der Waals surface area contributed by atoms with Crippen molar-refractivity contribution in [2.45, 2.75) is 17.8 Å². The Labute approximate surface area is 198 Å². The lowest BCUT2D eigenvalue weighted by Crippen LogP contribution is -2.54. The van der Waals surface area contributed by atoms with Gasteiger partial charge in [0.25, 0.3) is 0 Å². The summed E-state index contributed by atoms with van der Waals surface area (Å²) in [4.78, 5) is 21.3. The second kappa shape index (κ2) is 9.68. The fourth-order valence-electron chi connectivity index (χ4n) is 3.55. The fourth-order valence-corrected chi connectivity index (χ4v) is 3.55. The highest BCUT2D eigenvalue weighted by Gasteiger charge is 2.72. The number of halogens is 6. The van der Waals surface area contributed by atoms with Gasteiger partial charge in [0.05, 0.1) is 0 Å². The Hall–Kier alpha value is -4.42. The zero-order valence-electron chi connectivity index (χ0n) is 17.8. The van der Waals surface area contributed by atoms with Gasteiger partial charge >= 0.3 is 24.5 Å². The molecule has 0 fully saturated rings. The first-order valence-electron chi connectivity index (χ1n) is 9.86. The molecule has 0 saturated heterocycles. The van der Waals surface area contributed by atoms with Crippen molar-refractivity contribution in [2.24, 2.45) is 0 Å². The van der Waals surface area contributed by atoms with Crippen molar-refractivity contribution in [1.29, 1.82) is 0 Å². The standard InChI is InChI=1S/C23H16F6N2O5/c24-22(25,26)21(23(27,28)29,13-1-5-15(6-2-13)30-19(32)33)14-3-9-17(10-4-14)36-18-11-7-16(8-12-18)31-20(34)35/h1-12,30-31H,(H,32,33)(H,34,35). The highest BCUT2D eigenvalue weighted by Crippen LogP contribution is 2.56. The van der Waals surface area contributed by atoms with E-state index in [-0.39, 0.29) is 22.9 Å². The van der Waals surface area contributed by atoms with E-state index < -0.39 is 41.1 Å². The van der Waals surface area contributed by atoms with Crippen molar-refractivity contribution < 1.29 is 50.9 Å². The van der Waals surface area contributed by atoms with Gasteiger partial charge in [0.1, 0.15) is 11.5 Å². The summed E-state index contributed by atoms with van der Waals surface area (Å²) in [6, 6.07) is 11.3. The Balaban J connectivity index is 2.00. The van der Waals surface area contributed by atoms with E-state index in [1.807, 2.05) is 5.32 Å². The van der Waals surface area contributed by atoms with E-state index in [0.717, 1.165) is 24.3 Å². The highest BCUT2D eigenvalue weighted by atomic mass is 19.4. The highest BCUT2D eigenvalue weighted by molar-refractivity contribution is 5.83. The number of alkyl halides is 6. The van der Waals surface area contributed by atoms with Gasteiger partial charge in [-0.1, -0.05) is 24.3 Å². The summed E-state index contributed by atoms with van der Waals surface area (Å²) in [5, 5.41) is 21.3. The molecule has 190 valence electrons. The van der Waals surface area contributed by atoms with Crippen LogP contribution in [0.5, 0.6) is 11.5 Å². The monoisotopic (exact) mass is 514 g/mol. The van der Waals surface area contributed by atoms with Gasteiger partial charge < -0.3 is 14.9 Å². The predicted octanol–water partition coefficient (Wildman–Crippen LogP) is 7.07. The van der Waals surface area contributed by atoms with E-state index in [0.29, 0.717) is 24.3 Å². The van der Waals surface area contributed by atoms with E-state index >= 15 is 0 Å². The molecule has 36 heavy (non-hydrogen) atoms. The Morgan fingerprint density at radius 2 is 0.889 bits per heavy atom. The van der Waals surface area contributed by atoms with Crippen LogP contribution in [-0.2, 0) is 5.41 Å². The minimum Gasteiger partial charge on any atom is -0.465 e. The molecule has 0 saturated carbocycles. The van der Waals surface area contributed by atoms with Crippen molar-refractivity contribution >= 4 is 23.6 Å². The lowest BCUT2D eigenvalue weighted by atomic mass is 9.73. The molecule has 3 rings (SSSR count). The van der Waals surface area contributed by atoms with Crippen molar-refractivity contribution in [3.8, 4) is 11.5 Å². The second-order valence-electron chi connectivity index (χ2n) is 7.33. The van der Waals surface area contributed by atoms with Gasteiger partial charge in [-0.05, 0) is 59.7 Å². The average Bonchev–Trinajstić information content (AvgIpc) is 2.75. The molecule has 0 aromatic heterocycles. The molecule has 0 bridgehead atoms. The first-order valence-corrected chi connectivity index (χ1v) is 9.86. The van der Waals surface area contributed by atoms with Gasteiger partial charge in [0.2, 0.25) is 5.41 Å². The number of rotatable bonds is 6. The average molecular weight is 514 g/mol. The number of hydrogen-bond donors (Lipinski definition) is 4. The molecule has 2 amide bonds. The van der Waals surface area contributed by atoms with Crippen LogP contribution in [0, 0.1) is 0 Å². The lowest BCUT2D eigenvalue weighted by Gasteiger charge is -2.38. The number of amides is 2. The Morgan fingerprint density at radius 1 is 0.583 bits per heavy atom. The van der Waals surface area contributed by atoms with Crippen molar-refractivity contribution in [3.63, 3.8) is 0 Å². The Bertz CT molecular complexity index is 1210. The molecular formula is C23H16F6N2O5. The predicted molar refractivity (Wildman–Crippen MR) is 116 cm³/mol. The first kappa shape index (κ1) is 26.2. The van der Waals surface area contributed by atoms with Crippen LogP contribution in [0.15, 0.2) is 72.8 Å². The molecular weight excluding hydrogens is 498 g/mol. The van der Waals surface area contributed by atoms with Crippen LogP contribution in [0.1, 0.15) is 11.1 Å². The number of nitrogens with one attached hydrogen (secondary N) is 2. The van der Waals surface area contributed by atoms with Crippen LogP contribution in [0.25, 0.3) is 0 Å². The van der Waals surface area contributed by atoms with Crippen LogP contribution in [0.4, 0.5) is 47.3 Å². The maximum Gasteiger partial charge on any atom is 0.411 e. The largest absolute Gasteiger partial charge is 0.465 e. The molecule has 0 spiro atoms. The Kier molecular flexibility index (Phi) is 7.04. The fraction of sp³-hybridized carbons (Fsp3) is 0.130. The summed E-state index contributed by atoms with van der Waals surface area (Å²) < 4.78 is 90.8. The summed E-state index contributed by atoms with van der Waals surface area (Å²) >= 11 is 0. The summed E-state index contributed by atoms with van der Waals surface area (Å²) in [7, 11) is 0. The summed E-state index contributed by atoms with van der Waals surface area (Å²) in [5.41, 5.74) is -6.69. The van der Waals surface area contributed by atoms with Gasteiger partial charge in [-0.25, -0.2) is 9.59 Å². The van der Waals surface area contributed by atoms with Gasteiger partial charge in [-0.15, -0.1) is 0 Å². The zero-order valence-corrected chi connectivity index (χ0v) is 17.8. The van der Waals surface area contributed by atoms with E-state index in [9.17, 15) is 35.9 Å². The third-order valence-electron chi connectivity index (χ3n) is 5.05. The van der Waals surface area contributed by atoms with Crippen LogP contribution in [0.2, 0.25) is 0 Å². The van der Waals surface area contributed by atoms with Crippen molar-refractivity contribution in [3.05, 3.63) is 83.9 Å². The molecule has 0 radical (unpaired) electrons. The number of benzene rings is 3. The third kappa shape index (κ3) is 5.29. The molecule has 0 unspecified atom stereocenters. The van der Waals surface area contributed by atoms with Crippen LogP contribution in [-0.4, -0.2) is 34.8 Å². The number of carbonyl (C=O) groups is 2. The molecule has 7 nitrogen and oxygen atoms in total. The molecule has 4 N–H and O–H groups in total. The van der Waals surface area contributed by atoms with E-state index in [4.69, 9.17) is 14.9 Å². The second-order valence-corrected chi connectivity index (χ2v) is 7.33. The SMILES string of the molecule is O=C(O)Nc1ccc(Oc2ccc(C(c3ccc(NC(=O)O)cc3)(C(F)(F)F)C(F)(F)F)cc2)cc1. The zero-order chi connectivity index (χ0) is 26.7. The molecule has 3 aromatic carbocycles. The number of carboxylic acid groups (broad SMARTS) is 2. The van der Waals surface area contributed by atoms with Crippen molar-refractivity contribution in [1.82, 2.24) is 0 Å². The quantitative estimate of drug-likeness (QED) is 0.263. The van der Waals surface area contributed by atoms with Crippen LogP contribution >= 0.6 is 0 Å². The van der Waals surface area contributed by atoms with Crippen molar-refractivity contribution in [2.75, 3.05) is 10.6 Å². The topological polar surface area (TPSA) is 108 Å². The minimum absolute atomic E-state index is 0.0723. The number of anilines is 2. The molecule has 0 aliphatic rings. The minimum atomic E-state index is -5.82. The smallest absolute Gasteiger partial charge is 0.411 e. The van der Waals surface area contributed by atoms with E-state index in [2.05, 4.69) is 5.32 Å². The van der Waals surface area contributed by atoms with Crippen LogP contribution < -0.4 is 15.4 Å². The van der Waals surface area contributed by atoms with Gasteiger partial charge in [-0.2, -0.15) is 26.3 Å². The molecule has 0 aliphatic carbocycles. The Morgan fingerprint density at radius 3 is 1.22 bits per heavy atom. The summed E-state index contributed by atoms with van der Waals surface area (Å²) in [6.07, 6.45) is -14.5. The maximum atomic E-state index is 14.2. The number of hydrogen-bond acceptors (Lipinski definition) is 3. The molecule has 0 aliphatic heterocycles. The molecule has 0 atom stereocenters. The summed E-state index contributed by atoms with van der Waals surface area (Å²) in [5.74, 6) is 0.0788. The molecule has 13 heteroatoms. The first-order chi connectivity index (χ1) is 16.7. The van der Waals surface area contributed by atoms with E-state index in [1.165, 1.54) is 24.3 Å². The normalized spacial score (nSPS) is 12.1. The van der Waals surface area contributed by atoms with E-state index in [1.54, 1.807) is 0 Å². The lowest BCUT2D eigenvalue weighted by molar-refractivity contribution is -0.288. The molecule has 0 heterocycles. The summed E-state index contributed by atoms with van der Waals surface area (Å²) in [6.45, 7) is 0. The molecule has 3 aromatic rings.